The lowest BCUT2D eigenvalue weighted by atomic mass is 9.97. The zero-order chi connectivity index (χ0) is 13.1. The summed E-state index contributed by atoms with van der Waals surface area (Å²) in [6, 6.07) is 2.26. The highest BCUT2D eigenvalue weighted by molar-refractivity contribution is 9.10. The largest absolute Gasteiger partial charge is 0.294 e. The third kappa shape index (κ3) is 3.16. The molecule has 4 heteroatoms. The van der Waals surface area contributed by atoms with Crippen molar-refractivity contribution in [2.45, 2.75) is 38.5 Å². The van der Waals surface area contributed by atoms with Crippen molar-refractivity contribution in [1.29, 1.82) is 0 Å². The van der Waals surface area contributed by atoms with Gasteiger partial charge in [-0.15, -0.1) is 0 Å². The highest BCUT2D eigenvalue weighted by Gasteiger charge is 2.21. The lowest BCUT2D eigenvalue weighted by Crippen LogP contribution is -2.08. The first kappa shape index (κ1) is 13.7. The maximum atomic E-state index is 13.6. The Hall–Kier alpha value is -0.770. The van der Waals surface area contributed by atoms with E-state index in [1.807, 2.05) is 0 Å². The molecular weight excluding hydrogens is 302 g/mol. The van der Waals surface area contributed by atoms with E-state index < -0.39 is 23.0 Å². The van der Waals surface area contributed by atoms with Crippen LogP contribution in [0, 0.1) is 17.6 Å². The Morgan fingerprint density at radius 2 is 1.78 bits per heavy atom. The molecule has 1 fully saturated rings. The van der Waals surface area contributed by atoms with E-state index in [0.29, 0.717) is 10.4 Å². The summed E-state index contributed by atoms with van der Waals surface area (Å²) in [4.78, 5) is 11.9. The van der Waals surface area contributed by atoms with Gasteiger partial charge < -0.3 is 0 Å². The molecule has 0 aromatic heterocycles. The van der Waals surface area contributed by atoms with Gasteiger partial charge in [-0.05, 0) is 24.5 Å². The lowest BCUT2D eigenvalue weighted by molar-refractivity contribution is 0.0965. The Balaban J connectivity index is 2.04. The van der Waals surface area contributed by atoms with Crippen LogP contribution in [0.4, 0.5) is 8.78 Å². The molecule has 0 bridgehead atoms. The molecule has 1 nitrogen and oxygen atoms in total. The predicted octanol–water partition coefficient (Wildman–Crippen LogP) is 4.88. The van der Waals surface area contributed by atoms with Crippen molar-refractivity contribution in [1.82, 2.24) is 0 Å². The van der Waals surface area contributed by atoms with Gasteiger partial charge in [0.2, 0.25) is 0 Å². The quantitative estimate of drug-likeness (QED) is 0.723. The molecule has 0 aliphatic heterocycles. The van der Waals surface area contributed by atoms with Crippen molar-refractivity contribution in [2.75, 3.05) is 0 Å². The third-order valence-corrected chi connectivity index (χ3v) is 4.00. The summed E-state index contributed by atoms with van der Waals surface area (Å²) in [5.41, 5.74) is -0.392. The van der Waals surface area contributed by atoms with Crippen LogP contribution in [0.15, 0.2) is 16.6 Å². The second kappa shape index (κ2) is 5.91. The third-order valence-electron chi connectivity index (χ3n) is 3.54. The summed E-state index contributed by atoms with van der Waals surface area (Å²) >= 11 is 3.00. The molecule has 0 heterocycles. The first-order valence-corrected chi connectivity index (χ1v) is 7.05. The summed E-state index contributed by atoms with van der Waals surface area (Å²) < 4.78 is 27.5. The Kier molecular flexibility index (Phi) is 4.49. The van der Waals surface area contributed by atoms with Crippen LogP contribution in [0.3, 0.4) is 0 Å². The van der Waals surface area contributed by atoms with E-state index in [1.54, 1.807) is 0 Å². The first-order chi connectivity index (χ1) is 8.58. The van der Waals surface area contributed by atoms with E-state index in [0.717, 1.165) is 31.4 Å². The van der Waals surface area contributed by atoms with Gasteiger partial charge in [0.25, 0.3) is 0 Å². The monoisotopic (exact) mass is 316 g/mol. The minimum Gasteiger partial charge on any atom is -0.294 e. The van der Waals surface area contributed by atoms with Crippen molar-refractivity contribution >= 4 is 21.7 Å². The molecule has 98 valence electrons. The maximum Gasteiger partial charge on any atom is 0.168 e. The number of Topliss-reactive ketones (excluding diaryl/α,β-unsaturated/α-hetero) is 1. The van der Waals surface area contributed by atoms with E-state index in [1.165, 1.54) is 12.8 Å². The van der Waals surface area contributed by atoms with Crippen molar-refractivity contribution in [3.05, 3.63) is 33.8 Å². The van der Waals surface area contributed by atoms with Crippen LogP contribution in [0.2, 0.25) is 0 Å². The normalized spacial score (nSPS) is 16.2. The second-order valence-corrected chi connectivity index (χ2v) is 5.77. The van der Waals surface area contributed by atoms with E-state index in [-0.39, 0.29) is 6.42 Å². The number of hydrogen-bond donors (Lipinski definition) is 0. The van der Waals surface area contributed by atoms with Gasteiger partial charge in [0, 0.05) is 10.9 Å². The van der Waals surface area contributed by atoms with E-state index in [4.69, 9.17) is 0 Å². The summed E-state index contributed by atoms with van der Waals surface area (Å²) in [6.45, 7) is 0. The van der Waals surface area contributed by atoms with Crippen molar-refractivity contribution in [2.24, 2.45) is 5.92 Å². The molecule has 1 aliphatic carbocycles. The number of halogens is 3. The van der Waals surface area contributed by atoms with Crippen LogP contribution in [-0.4, -0.2) is 5.78 Å². The lowest BCUT2D eigenvalue weighted by Gasteiger charge is -2.09. The Morgan fingerprint density at radius 3 is 2.33 bits per heavy atom. The van der Waals surface area contributed by atoms with Crippen LogP contribution in [0.1, 0.15) is 48.9 Å². The molecule has 18 heavy (non-hydrogen) atoms. The number of benzene rings is 1. The van der Waals surface area contributed by atoms with Crippen LogP contribution in [0.25, 0.3) is 0 Å². The Bertz CT molecular complexity index is 430. The molecule has 0 radical (unpaired) electrons. The number of hydrogen-bond acceptors (Lipinski definition) is 1. The maximum absolute atomic E-state index is 13.6. The number of carbonyl (C=O) groups excluding carboxylic acids is 1. The SMILES string of the molecule is O=C(CCC1CCCC1)c1c(F)cc(Br)cc1F. The van der Waals surface area contributed by atoms with E-state index in [2.05, 4.69) is 15.9 Å². The summed E-state index contributed by atoms with van der Waals surface area (Å²) in [5.74, 6) is -1.43. The molecule has 0 saturated heterocycles. The average molecular weight is 317 g/mol. The van der Waals surface area contributed by atoms with Gasteiger partial charge in [-0.2, -0.15) is 0 Å². The van der Waals surface area contributed by atoms with Gasteiger partial charge in [-0.3, -0.25) is 4.79 Å². The van der Waals surface area contributed by atoms with Gasteiger partial charge in [0.15, 0.2) is 5.78 Å². The summed E-state index contributed by atoms with van der Waals surface area (Å²) in [6.07, 6.45) is 5.67. The van der Waals surface area contributed by atoms with Crippen LogP contribution < -0.4 is 0 Å². The molecule has 2 rings (SSSR count). The van der Waals surface area contributed by atoms with Crippen molar-refractivity contribution < 1.29 is 13.6 Å². The van der Waals surface area contributed by atoms with E-state index >= 15 is 0 Å². The first-order valence-electron chi connectivity index (χ1n) is 6.25. The van der Waals surface area contributed by atoms with Gasteiger partial charge >= 0.3 is 0 Å². The number of ketones is 1. The summed E-state index contributed by atoms with van der Waals surface area (Å²) in [5, 5.41) is 0. The predicted molar refractivity (Wildman–Crippen MR) is 69.6 cm³/mol. The zero-order valence-corrected chi connectivity index (χ0v) is 11.6. The Morgan fingerprint density at radius 1 is 1.22 bits per heavy atom. The van der Waals surface area contributed by atoms with Gasteiger partial charge in [0.05, 0.1) is 5.56 Å². The average Bonchev–Trinajstić information content (AvgIpc) is 2.77. The standard InChI is InChI=1S/C14H15BrF2O/c15-10-7-11(16)14(12(17)8-10)13(18)6-5-9-3-1-2-4-9/h7-9H,1-6H2. The Labute approximate surface area is 114 Å². The van der Waals surface area contributed by atoms with Gasteiger partial charge in [-0.25, -0.2) is 8.78 Å². The van der Waals surface area contributed by atoms with Gasteiger partial charge in [0.1, 0.15) is 11.6 Å². The highest BCUT2D eigenvalue weighted by Crippen LogP contribution is 2.29. The molecule has 0 N–H and O–H groups in total. The number of rotatable bonds is 4. The van der Waals surface area contributed by atoms with Gasteiger partial charge in [-0.1, -0.05) is 41.6 Å². The minimum absolute atomic E-state index is 0.236. The molecular formula is C14H15BrF2O. The smallest absolute Gasteiger partial charge is 0.168 e. The zero-order valence-electron chi connectivity index (χ0n) is 10.0. The molecule has 0 atom stereocenters. The van der Waals surface area contributed by atoms with Crippen LogP contribution >= 0.6 is 15.9 Å². The molecule has 1 aromatic carbocycles. The van der Waals surface area contributed by atoms with Crippen molar-refractivity contribution in [3.8, 4) is 0 Å². The van der Waals surface area contributed by atoms with E-state index in [9.17, 15) is 13.6 Å². The minimum atomic E-state index is -0.779. The molecule has 0 amide bonds. The molecule has 1 saturated carbocycles. The molecule has 0 spiro atoms. The summed E-state index contributed by atoms with van der Waals surface area (Å²) in [7, 11) is 0. The highest BCUT2D eigenvalue weighted by atomic mass is 79.9. The fraction of sp³-hybridized carbons (Fsp3) is 0.500. The fourth-order valence-corrected chi connectivity index (χ4v) is 2.97. The molecule has 1 aliphatic rings. The van der Waals surface area contributed by atoms with Crippen LogP contribution in [-0.2, 0) is 0 Å². The second-order valence-electron chi connectivity index (χ2n) is 4.86. The fourth-order valence-electron chi connectivity index (χ4n) is 2.57. The van der Waals surface area contributed by atoms with Crippen LogP contribution in [0.5, 0.6) is 0 Å². The molecule has 1 aromatic rings. The topological polar surface area (TPSA) is 17.1 Å². The van der Waals surface area contributed by atoms with Crippen molar-refractivity contribution in [3.63, 3.8) is 0 Å². The number of carbonyl (C=O) groups is 1. The molecule has 0 unspecified atom stereocenters.